The zero-order valence-corrected chi connectivity index (χ0v) is 10.3. The highest BCUT2D eigenvalue weighted by Gasteiger charge is 1.95. The zero-order chi connectivity index (χ0) is 10.8. The first-order valence-electron chi connectivity index (χ1n) is 6.00. The molecule has 0 aliphatic heterocycles. The fourth-order valence-electron chi connectivity index (χ4n) is 1.20. The van der Waals surface area contributed by atoms with Crippen LogP contribution in [-0.2, 0) is 4.74 Å². The molecular formula is C13H26O. The second-order valence-electron chi connectivity index (χ2n) is 4.29. The van der Waals surface area contributed by atoms with E-state index in [1.807, 2.05) is 6.26 Å². The molecule has 0 N–H and O–H groups in total. The lowest BCUT2D eigenvalue weighted by Gasteiger charge is -2.07. The van der Waals surface area contributed by atoms with Gasteiger partial charge in [0, 0.05) is 0 Å². The van der Waals surface area contributed by atoms with Gasteiger partial charge < -0.3 is 4.74 Å². The minimum atomic E-state index is 0.740. The SMILES string of the molecule is CCCCC(=COCCC(C)C)CC. The second kappa shape index (κ2) is 9.11. The lowest BCUT2D eigenvalue weighted by atomic mass is 10.1. The summed E-state index contributed by atoms with van der Waals surface area (Å²) in [5.41, 5.74) is 1.45. The molecule has 0 unspecified atom stereocenters. The van der Waals surface area contributed by atoms with Crippen LogP contribution < -0.4 is 0 Å². The van der Waals surface area contributed by atoms with E-state index < -0.39 is 0 Å². The average Bonchev–Trinajstić information content (AvgIpc) is 2.16. The maximum Gasteiger partial charge on any atom is 0.0875 e. The zero-order valence-electron chi connectivity index (χ0n) is 10.3. The number of unbranched alkanes of at least 4 members (excludes halogenated alkanes) is 1. The van der Waals surface area contributed by atoms with E-state index >= 15 is 0 Å². The van der Waals surface area contributed by atoms with Gasteiger partial charge in [-0.25, -0.2) is 0 Å². The Labute approximate surface area is 89.5 Å². The molecule has 0 spiro atoms. The van der Waals surface area contributed by atoms with Crippen LogP contribution in [-0.4, -0.2) is 6.61 Å². The monoisotopic (exact) mass is 198 g/mol. The fraction of sp³-hybridized carbons (Fsp3) is 0.846. The Morgan fingerprint density at radius 2 is 2.00 bits per heavy atom. The van der Waals surface area contributed by atoms with Crippen LogP contribution in [0.1, 0.15) is 59.8 Å². The van der Waals surface area contributed by atoms with E-state index in [1.54, 1.807) is 0 Å². The van der Waals surface area contributed by atoms with Crippen molar-refractivity contribution in [3.63, 3.8) is 0 Å². The average molecular weight is 198 g/mol. The van der Waals surface area contributed by atoms with Gasteiger partial charge in [0.15, 0.2) is 0 Å². The third kappa shape index (κ3) is 8.15. The summed E-state index contributed by atoms with van der Waals surface area (Å²) < 4.78 is 5.53. The van der Waals surface area contributed by atoms with E-state index in [1.165, 1.54) is 24.8 Å². The van der Waals surface area contributed by atoms with Gasteiger partial charge in [0.05, 0.1) is 12.9 Å². The molecule has 0 amide bonds. The van der Waals surface area contributed by atoms with E-state index in [-0.39, 0.29) is 0 Å². The molecule has 0 bridgehead atoms. The number of hydrogen-bond acceptors (Lipinski definition) is 1. The molecule has 84 valence electrons. The van der Waals surface area contributed by atoms with Crippen molar-refractivity contribution in [3.05, 3.63) is 11.8 Å². The first-order valence-corrected chi connectivity index (χ1v) is 6.00. The highest BCUT2D eigenvalue weighted by atomic mass is 16.5. The smallest absolute Gasteiger partial charge is 0.0875 e. The first-order chi connectivity index (χ1) is 6.70. The highest BCUT2D eigenvalue weighted by molar-refractivity contribution is 4.96. The molecule has 0 aliphatic carbocycles. The number of ether oxygens (including phenoxy) is 1. The molecule has 0 atom stereocenters. The summed E-state index contributed by atoms with van der Waals surface area (Å²) >= 11 is 0. The third-order valence-electron chi connectivity index (χ3n) is 2.37. The fourth-order valence-corrected chi connectivity index (χ4v) is 1.20. The quantitative estimate of drug-likeness (QED) is 0.411. The van der Waals surface area contributed by atoms with Crippen LogP contribution in [0.15, 0.2) is 11.8 Å². The van der Waals surface area contributed by atoms with Crippen molar-refractivity contribution in [2.75, 3.05) is 6.61 Å². The van der Waals surface area contributed by atoms with Gasteiger partial charge in [-0.15, -0.1) is 0 Å². The molecule has 0 radical (unpaired) electrons. The lowest BCUT2D eigenvalue weighted by molar-refractivity contribution is 0.225. The Balaban J connectivity index is 3.58. The number of hydrogen-bond donors (Lipinski definition) is 0. The molecule has 1 heteroatoms. The van der Waals surface area contributed by atoms with Crippen molar-refractivity contribution in [2.45, 2.75) is 59.8 Å². The topological polar surface area (TPSA) is 9.23 Å². The van der Waals surface area contributed by atoms with Crippen LogP contribution in [0.3, 0.4) is 0 Å². The van der Waals surface area contributed by atoms with E-state index in [9.17, 15) is 0 Å². The van der Waals surface area contributed by atoms with Crippen LogP contribution in [0.4, 0.5) is 0 Å². The normalized spacial score (nSPS) is 12.2. The van der Waals surface area contributed by atoms with Crippen molar-refractivity contribution in [2.24, 2.45) is 5.92 Å². The predicted molar refractivity (Wildman–Crippen MR) is 63.3 cm³/mol. The molecule has 0 aliphatic rings. The molecule has 1 nitrogen and oxygen atoms in total. The van der Waals surface area contributed by atoms with Crippen molar-refractivity contribution in [1.82, 2.24) is 0 Å². The van der Waals surface area contributed by atoms with Gasteiger partial charge in [0.25, 0.3) is 0 Å². The van der Waals surface area contributed by atoms with Gasteiger partial charge in [0.1, 0.15) is 0 Å². The van der Waals surface area contributed by atoms with E-state index in [0.29, 0.717) is 0 Å². The summed E-state index contributed by atoms with van der Waals surface area (Å²) in [4.78, 5) is 0. The van der Waals surface area contributed by atoms with Gasteiger partial charge in [-0.05, 0) is 37.2 Å². The van der Waals surface area contributed by atoms with E-state index in [0.717, 1.165) is 25.4 Å². The van der Waals surface area contributed by atoms with Crippen LogP contribution in [0.25, 0.3) is 0 Å². The summed E-state index contributed by atoms with van der Waals surface area (Å²) in [6, 6.07) is 0. The minimum Gasteiger partial charge on any atom is -0.501 e. The highest BCUT2D eigenvalue weighted by Crippen LogP contribution is 2.11. The maximum absolute atomic E-state index is 5.53. The van der Waals surface area contributed by atoms with Crippen LogP contribution >= 0.6 is 0 Å². The molecule has 0 rings (SSSR count). The Kier molecular flexibility index (Phi) is 8.81. The Bertz CT molecular complexity index is 147. The number of rotatable bonds is 8. The van der Waals surface area contributed by atoms with Crippen molar-refractivity contribution >= 4 is 0 Å². The molecule has 0 aromatic carbocycles. The molecule has 0 fully saturated rings. The summed E-state index contributed by atoms with van der Waals surface area (Å²) in [5, 5.41) is 0. The second-order valence-corrected chi connectivity index (χ2v) is 4.29. The standard InChI is InChI=1S/C13H26O/c1-5-7-8-13(6-2)11-14-10-9-12(3)4/h11-12H,5-10H2,1-4H3. The summed E-state index contributed by atoms with van der Waals surface area (Å²) in [6.45, 7) is 9.75. The Morgan fingerprint density at radius 3 is 2.50 bits per heavy atom. The Hall–Kier alpha value is -0.460. The van der Waals surface area contributed by atoms with Crippen LogP contribution in [0.5, 0.6) is 0 Å². The van der Waals surface area contributed by atoms with Crippen molar-refractivity contribution < 1.29 is 4.74 Å². The largest absolute Gasteiger partial charge is 0.501 e. The minimum absolute atomic E-state index is 0.740. The van der Waals surface area contributed by atoms with Gasteiger partial charge in [0.2, 0.25) is 0 Å². The van der Waals surface area contributed by atoms with Gasteiger partial charge in [-0.3, -0.25) is 0 Å². The van der Waals surface area contributed by atoms with Crippen LogP contribution in [0.2, 0.25) is 0 Å². The number of allylic oxidation sites excluding steroid dienone is 1. The Morgan fingerprint density at radius 1 is 1.29 bits per heavy atom. The van der Waals surface area contributed by atoms with Crippen LogP contribution in [0, 0.1) is 5.92 Å². The maximum atomic E-state index is 5.53. The first kappa shape index (κ1) is 13.5. The lowest BCUT2D eigenvalue weighted by Crippen LogP contribution is -1.95. The molecule has 0 aromatic heterocycles. The van der Waals surface area contributed by atoms with E-state index in [4.69, 9.17) is 4.74 Å². The molecule has 14 heavy (non-hydrogen) atoms. The van der Waals surface area contributed by atoms with Crippen molar-refractivity contribution in [1.29, 1.82) is 0 Å². The molecule has 0 heterocycles. The molecule has 0 saturated heterocycles. The summed E-state index contributed by atoms with van der Waals surface area (Å²) in [7, 11) is 0. The molecule has 0 aromatic rings. The van der Waals surface area contributed by atoms with E-state index in [2.05, 4.69) is 27.7 Å². The van der Waals surface area contributed by atoms with Crippen molar-refractivity contribution in [3.8, 4) is 0 Å². The third-order valence-corrected chi connectivity index (χ3v) is 2.37. The van der Waals surface area contributed by atoms with Gasteiger partial charge >= 0.3 is 0 Å². The predicted octanol–water partition coefficient (Wildman–Crippen LogP) is 4.53. The molecular weight excluding hydrogens is 172 g/mol. The van der Waals surface area contributed by atoms with Gasteiger partial charge in [-0.1, -0.05) is 34.1 Å². The molecule has 0 saturated carbocycles. The van der Waals surface area contributed by atoms with Gasteiger partial charge in [-0.2, -0.15) is 0 Å². The summed E-state index contributed by atoms with van der Waals surface area (Å²) in [5.74, 6) is 0.740. The summed E-state index contributed by atoms with van der Waals surface area (Å²) in [6.07, 6.45) is 8.02.